The van der Waals surface area contributed by atoms with Gasteiger partial charge < -0.3 is 23.8 Å². The standard InChI is InChI=1S/C22H25NO5/c1-3-4-17-5-10-20(21(15-17)25-2)28-22(24)16-27-19-8-6-18(7-9-19)23-11-13-26-14-12-23/h3,5-10,15H,1,4,11-14,16H2,2H3. The van der Waals surface area contributed by atoms with E-state index in [2.05, 4.69) is 11.5 Å². The number of carbonyl (C=O) groups is 1. The van der Waals surface area contributed by atoms with Gasteiger partial charge >= 0.3 is 5.97 Å². The maximum Gasteiger partial charge on any atom is 0.349 e. The Kier molecular flexibility index (Phi) is 6.92. The minimum absolute atomic E-state index is 0.186. The molecule has 0 amide bonds. The molecule has 0 bridgehead atoms. The topological polar surface area (TPSA) is 57.2 Å². The second-order valence-corrected chi connectivity index (χ2v) is 6.33. The van der Waals surface area contributed by atoms with E-state index < -0.39 is 5.97 Å². The van der Waals surface area contributed by atoms with Crippen molar-refractivity contribution in [1.29, 1.82) is 0 Å². The van der Waals surface area contributed by atoms with E-state index in [4.69, 9.17) is 18.9 Å². The molecule has 2 aromatic rings. The predicted octanol–water partition coefficient (Wildman–Crippen LogP) is 3.24. The zero-order valence-corrected chi connectivity index (χ0v) is 16.1. The van der Waals surface area contributed by atoms with Crippen LogP contribution in [0, 0.1) is 0 Å². The molecule has 6 nitrogen and oxygen atoms in total. The number of allylic oxidation sites excluding steroid dienone is 1. The molecule has 0 atom stereocenters. The molecule has 1 fully saturated rings. The van der Waals surface area contributed by atoms with Crippen molar-refractivity contribution in [2.45, 2.75) is 6.42 Å². The maximum atomic E-state index is 12.1. The number of esters is 1. The highest BCUT2D eigenvalue weighted by molar-refractivity contribution is 5.75. The summed E-state index contributed by atoms with van der Waals surface area (Å²) in [6, 6.07) is 13.1. The number of hydrogen-bond donors (Lipinski definition) is 0. The summed E-state index contributed by atoms with van der Waals surface area (Å²) in [5.74, 6) is 0.989. The van der Waals surface area contributed by atoms with Crippen LogP contribution in [0.4, 0.5) is 5.69 Å². The Morgan fingerprint density at radius 2 is 1.89 bits per heavy atom. The third kappa shape index (κ3) is 5.27. The molecule has 3 rings (SSSR count). The van der Waals surface area contributed by atoms with Gasteiger partial charge in [-0.3, -0.25) is 0 Å². The van der Waals surface area contributed by atoms with Crippen LogP contribution in [0.2, 0.25) is 0 Å². The summed E-state index contributed by atoms with van der Waals surface area (Å²) in [4.78, 5) is 14.4. The first-order valence-corrected chi connectivity index (χ1v) is 9.23. The van der Waals surface area contributed by atoms with Gasteiger partial charge in [0.1, 0.15) is 5.75 Å². The lowest BCUT2D eigenvalue weighted by Gasteiger charge is -2.28. The Bertz CT molecular complexity index is 797. The van der Waals surface area contributed by atoms with E-state index >= 15 is 0 Å². The first kappa shape index (κ1) is 19.8. The van der Waals surface area contributed by atoms with Crippen LogP contribution in [-0.2, 0) is 16.0 Å². The summed E-state index contributed by atoms with van der Waals surface area (Å²) < 4.78 is 21.6. The van der Waals surface area contributed by atoms with Crippen LogP contribution in [0.3, 0.4) is 0 Å². The van der Waals surface area contributed by atoms with Gasteiger partial charge in [-0.05, 0) is 48.4 Å². The van der Waals surface area contributed by atoms with Crippen LogP contribution >= 0.6 is 0 Å². The number of hydrogen-bond acceptors (Lipinski definition) is 6. The van der Waals surface area contributed by atoms with Crippen molar-refractivity contribution in [2.75, 3.05) is 44.9 Å². The maximum absolute atomic E-state index is 12.1. The number of nitrogens with zero attached hydrogens (tertiary/aromatic N) is 1. The fraction of sp³-hybridized carbons (Fsp3) is 0.318. The van der Waals surface area contributed by atoms with Gasteiger partial charge in [0.25, 0.3) is 0 Å². The Hall–Kier alpha value is -2.99. The first-order chi connectivity index (χ1) is 13.7. The molecule has 1 aliphatic heterocycles. The zero-order valence-electron chi connectivity index (χ0n) is 16.1. The van der Waals surface area contributed by atoms with E-state index in [1.807, 2.05) is 36.4 Å². The number of rotatable bonds is 8. The average Bonchev–Trinajstić information content (AvgIpc) is 2.74. The molecule has 0 unspecified atom stereocenters. The van der Waals surface area contributed by atoms with Gasteiger partial charge in [0.15, 0.2) is 18.1 Å². The molecule has 0 radical (unpaired) electrons. The molecule has 1 heterocycles. The lowest BCUT2D eigenvalue weighted by atomic mass is 10.1. The van der Waals surface area contributed by atoms with Crippen LogP contribution in [-0.4, -0.2) is 46.0 Å². The molecule has 0 aromatic heterocycles. The van der Waals surface area contributed by atoms with Crippen molar-refractivity contribution in [3.63, 3.8) is 0 Å². The molecule has 0 aliphatic carbocycles. The van der Waals surface area contributed by atoms with Crippen molar-refractivity contribution >= 4 is 11.7 Å². The minimum atomic E-state index is -0.493. The number of carbonyl (C=O) groups excluding carboxylic acids is 1. The van der Waals surface area contributed by atoms with Gasteiger partial charge in [0.2, 0.25) is 0 Å². The van der Waals surface area contributed by atoms with E-state index in [-0.39, 0.29) is 6.61 Å². The van der Waals surface area contributed by atoms with E-state index in [1.54, 1.807) is 12.1 Å². The Morgan fingerprint density at radius 1 is 1.14 bits per heavy atom. The van der Waals surface area contributed by atoms with Crippen molar-refractivity contribution < 1.29 is 23.7 Å². The van der Waals surface area contributed by atoms with Gasteiger partial charge in [-0.25, -0.2) is 4.79 Å². The molecule has 1 aliphatic rings. The summed E-state index contributed by atoms with van der Waals surface area (Å²) in [6.07, 6.45) is 2.52. The molecular weight excluding hydrogens is 358 g/mol. The third-order valence-electron chi connectivity index (χ3n) is 4.40. The highest BCUT2D eigenvalue weighted by Crippen LogP contribution is 2.28. The second kappa shape index (κ2) is 9.80. The van der Waals surface area contributed by atoms with Crippen molar-refractivity contribution in [3.05, 3.63) is 60.7 Å². The Balaban J connectivity index is 1.53. The molecule has 0 saturated carbocycles. The quantitative estimate of drug-likeness (QED) is 0.396. The molecule has 0 spiro atoms. The van der Waals surface area contributed by atoms with Gasteiger partial charge in [-0.2, -0.15) is 0 Å². The number of benzene rings is 2. The molecule has 148 valence electrons. The fourth-order valence-corrected chi connectivity index (χ4v) is 2.96. The normalized spacial score (nSPS) is 13.7. The highest BCUT2D eigenvalue weighted by Gasteiger charge is 2.13. The molecule has 28 heavy (non-hydrogen) atoms. The molecule has 2 aromatic carbocycles. The molecule has 6 heteroatoms. The molecular formula is C22H25NO5. The van der Waals surface area contributed by atoms with E-state index in [0.717, 1.165) is 37.6 Å². The van der Waals surface area contributed by atoms with Gasteiger partial charge in [-0.15, -0.1) is 6.58 Å². The number of morpholine rings is 1. The second-order valence-electron chi connectivity index (χ2n) is 6.33. The lowest BCUT2D eigenvalue weighted by molar-refractivity contribution is -0.136. The van der Waals surface area contributed by atoms with Crippen molar-refractivity contribution in [1.82, 2.24) is 0 Å². The van der Waals surface area contributed by atoms with E-state index in [9.17, 15) is 4.79 Å². The predicted molar refractivity (Wildman–Crippen MR) is 107 cm³/mol. The van der Waals surface area contributed by atoms with Crippen LogP contribution in [0.1, 0.15) is 5.56 Å². The average molecular weight is 383 g/mol. The zero-order chi connectivity index (χ0) is 19.8. The van der Waals surface area contributed by atoms with Gasteiger partial charge in [0, 0.05) is 18.8 Å². The van der Waals surface area contributed by atoms with Crippen LogP contribution < -0.4 is 19.1 Å². The van der Waals surface area contributed by atoms with Crippen molar-refractivity contribution in [3.8, 4) is 17.2 Å². The molecule has 1 saturated heterocycles. The lowest BCUT2D eigenvalue weighted by Crippen LogP contribution is -2.36. The number of ether oxygens (including phenoxy) is 4. The first-order valence-electron chi connectivity index (χ1n) is 9.23. The fourth-order valence-electron chi connectivity index (χ4n) is 2.96. The highest BCUT2D eigenvalue weighted by atomic mass is 16.6. The summed E-state index contributed by atoms with van der Waals surface area (Å²) >= 11 is 0. The van der Waals surface area contributed by atoms with Gasteiger partial charge in [-0.1, -0.05) is 12.1 Å². The van der Waals surface area contributed by atoms with Crippen molar-refractivity contribution in [2.24, 2.45) is 0 Å². The summed E-state index contributed by atoms with van der Waals surface area (Å²) in [5.41, 5.74) is 2.14. The van der Waals surface area contributed by atoms with Crippen LogP contribution in [0.25, 0.3) is 0 Å². The number of methoxy groups -OCH3 is 1. The Morgan fingerprint density at radius 3 is 2.57 bits per heavy atom. The summed E-state index contributed by atoms with van der Waals surface area (Å²) in [7, 11) is 1.54. The van der Waals surface area contributed by atoms with Gasteiger partial charge in [0.05, 0.1) is 20.3 Å². The SMILES string of the molecule is C=CCc1ccc(OC(=O)COc2ccc(N3CCOCC3)cc2)c(OC)c1. The van der Waals surface area contributed by atoms with E-state index in [1.165, 1.54) is 7.11 Å². The monoisotopic (exact) mass is 383 g/mol. The Labute approximate surface area is 165 Å². The van der Waals surface area contributed by atoms with E-state index in [0.29, 0.717) is 23.7 Å². The van der Waals surface area contributed by atoms with Crippen LogP contribution in [0.5, 0.6) is 17.2 Å². The summed E-state index contributed by atoms with van der Waals surface area (Å²) in [5, 5.41) is 0. The van der Waals surface area contributed by atoms with Crippen LogP contribution in [0.15, 0.2) is 55.1 Å². The number of anilines is 1. The minimum Gasteiger partial charge on any atom is -0.493 e. The largest absolute Gasteiger partial charge is 0.493 e. The molecule has 0 N–H and O–H groups in total. The third-order valence-corrected chi connectivity index (χ3v) is 4.40. The summed E-state index contributed by atoms with van der Waals surface area (Å²) in [6.45, 7) is 6.76. The smallest absolute Gasteiger partial charge is 0.349 e.